The lowest BCUT2D eigenvalue weighted by Gasteiger charge is -2.41. The fourth-order valence-corrected chi connectivity index (χ4v) is 7.91. The van der Waals surface area contributed by atoms with Crippen LogP contribution in [0.3, 0.4) is 0 Å². The zero-order chi connectivity index (χ0) is 50.3. The molecule has 0 bridgehead atoms. The highest BCUT2D eigenvalue weighted by molar-refractivity contribution is 6.51. The van der Waals surface area contributed by atoms with E-state index in [2.05, 4.69) is 26.3 Å². The maximum atomic E-state index is 15.1. The van der Waals surface area contributed by atoms with E-state index in [0.717, 1.165) is 11.0 Å². The van der Waals surface area contributed by atoms with Crippen molar-refractivity contribution in [2.24, 2.45) is 11.8 Å². The van der Waals surface area contributed by atoms with Gasteiger partial charge in [-0.2, -0.15) is 10.2 Å². The summed E-state index contributed by atoms with van der Waals surface area (Å²) in [5.41, 5.74) is 0.249. The van der Waals surface area contributed by atoms with Gasteiger partial charge in [-0.3, -0.25) is 38.4 Å². The molecule has 6 atom stereocenters. The van der Waals surface area contributed by atoms with Crippen molar-refractivity contribution in [2.75, 3.05) is 36.0 Å². The van der Waals surface area contributed by atoms with E-state index in [4.69, 9.17) is 33.7 Å². The molecule has 2 aromatic rings. The topological polar surface area (TPSA) is 294 Å². The number of benzene rings is 1. The Balaban J connectivity index is 0.987. The fraction of sp³-hybridized carbons (Fsp3) is 0.524. The molecule has 22 nitrogen and oxygen atoms in total. The second kappa shape index (κ2) is 22.4. The highest BCUT2D eigenvalue weighted by atomic mass is 19.1. The van der Waals surface area contributed by atoms with Crippen molar-refractivity contribution in [3.63, 3.8) is 0 Å². The molecule has 5 N–H and O–H groups in total. The van der Waals surface area contributed by atoms with E-state index >= 15 is 4.39 Å². The number of hydrogen-bond acceptors (Lipinski definition) is 17. The number of carbonyl (C=O) groups is 8. The van der Waals surface area contributed by atoms with Gasteiger partial charge in [0.25, 0.3) is 5.88 Å². The number of anilines is 2. The maximum absolute atomic E-state index is 15.1. The second-order valence-corrected chi connectivity index (χ2v) is 17.5. The molecule has 6 rings (SSSR count). The molecule has 0 unspecified atom stereocenters. The zero-order valence-electron chi connectivity index (χ0n) is 37.8. The number of ether oxygens (including phenoxy) is 1. The number of amides is 4. The minimum atomic E-state index is -1.58. The fourth-order valence-electron chi connectivity index (χ4n) is 7.91. The summed E-state index contributed by atoms with van der Waals surface area (Å²) < 4.78 is 71.4. The summed E-state index contributed by atoms with van der Waals surface area (Å²) in [7, 11) is -2.68. The molecule has 69 heavy (non-hydrogen) atoms. The Morgan fingerprint density at radius 2 is 1.32 bits per heavy atom. The Kier molecular flexibility index (Phi) is 16.7. The van der Waals surface area contributed by atoms with Gasteiger partial charge in [-0.1, -0.05) is 27.7 Å². The van der Waals surface area contributed by atoms with E-state index in [0.29, 0.717) is 19.0 Å². The third-order valence-corrected chi connectivity index (χ3v) is 11.3. The molecule has 1 aromatic carbocycles. The number of esters is 1. The van der Waals surface area contributed by atoms with Crippen LogP contribution in [0.4, 0.5) is 24.7 Å². The number of pyridine rings is 1. The Labute approximate surface area is 393 Å². The number of carbonyl (C=O) groups excluding carboxylic acids is 7. The highest BCUT2D eigenvalue weighted by Gasteiger charge is 2.49. The quantitative estimate of drug-likeness (QED) is 0.0827. The second-order valence-electron chi connectivity index (χ2n) is 17.5. The summed E-state index contributed by atoms with van der Waals surface area (Å²) in [6.07, 6.45) is -3.40. The lowest BCUT2D eigenvalue weighted by Crippen LogP contribution is -2.58. The summed E-state index contributed by atoms with van der Waals surface area (Å²) in [6, 6.07) is 4.24. The van der Waals surface area contributed by atoms with Crippen LogP contribution in [0.25, 0.3) is 0 Å². The molecule has 368 valence electrons. The van der Waals surface area contributed by atoms with E-state index in [1.54, 1.807) is 0 Å². The predicted molar refractivity (Wildman–Crippen MR) is 232 cm³/mol. The standard InChI is InChI=1S/C42H49B2F3N8O14/c1-20(2)11-31(43-66-29(15-35(58)59)41(63)68-43)51-34(57)19-50-39(62)28-8-10-55(28)37-24(46)14-25(47)40(53-37)65-36(60)16-30-42(64)69-44(67-30)32(12-21(3)4)52-33(56)18-49-38(61)27-7-9-54(27)26-6-5-22(17-48)13-23(26)45/h5-6,13-14,20-21,27-32H,7-12,15-16,18-19H2,1-4H3,(H,49,61)(H,50,62)(H,51,57)(H,52,56)(H,58,59)/t27-,28-,29-,30-,31-,32-/m0/s1. The van der Waals surface area contributed by atoms with Crippen LogP contribution in [-0.4, -0.2) is 134 Å². The van der Waals surface area contributed by atoms with Crippen molar-refractivity contribution < 1.29 is 80.0 Å². The SMILES string of the molecule is CC(C)C[C@H](NC(=O)CNC(=O)[C@@H]1CCN1c1nc(OC(=O)C[C@@H]2OB([C@H](CC(C)C)NC(=O)CNC(=O)[C@@H]3CCN3c3ccc(C#N)cc3F)OC2=O)c(F)cc1F)B1OC(=O)[C@H](CC(=O)O)O1. The number of carboxylic acids is 1. The molecule has 5 heterocycles. The van der Waals surface area contributed by atoms with E-state index in [9.17, 15) is 47.1 Å². The molecule has 27 heteroatoms. The van der Waals surface area contributed by atoms with Crippen molar-refractivity contribution in [1.82, 2.24) is 26.3 Å². The zero-order valence-corrected chi connectivity index (χ0v) is 37.8. The molecule has 4 amide bonds. The third kappa shape index (κ3) is 13.0. The van der Waals surface area contributed by atoms with Crippen molar-refractivity contribution in [2.45, 2.75) is 102 Å². The van der Waals surface area contributed by atoms with Gasteiger partial charge in [0.15, 0.2) is 29.7 Å². The van der Waals surface area contributed by atoms with Crippen LogP contribution in [0, 0.1) is 40.6 Å². The summed E-state index contributed by atoms with van der Waals surface area (Å²) in [5.74, 6) is -13.9. The average Bonchev–Trinajstić information content (AvgIpc) is 3.79. The lowest BCUT2D eigenvalue weighted by atomic mass is 9.74. The largest absolute Gasteiger partial charge is 0.552 e. The van der Waals surface area contributed by atoms with Crippen LogP contribution in [0.5, 0.6) is 5.88 Å². The molecular formula is C42H49B2F3N8O14. The van der Waals surface area contributed by atoms with Gasteiger partial charge in [-0.25, -0.2) is 13.2 Å². The number of aromatic nitrogens is 1. The van der Waals surface area contributed by atoms with E-state index < -0.39 is 153 Å². The lowest BCUT2D eigenvalue weighted by molar-refractivity contribution is -0.145. The van der Waals surface area contributed by atoms with Gasteiger partial charge < -0.3 is 59.5 Å². The average molecular weight is 969 g/mol. The number of rotatable bonds is 21. The van der Waals surface area contributed by atoms with Gasteiger partial charge >= 0.3 is 38.1 Å². The minimum absolute atomic E-state index is 0.0370. The molecule has 0 spiro atoms. The molecule has 0 saturated carbocycles. The normalized spacial score (nSPS) is 20.5. The monoisotopic (exact) mass is 968 g/mol. The maximum Gasteiger partial charge on any atom is 0.552 e. The number of nitrogens with one attached hydrogen (secondary N) is 4. The molecular weight excluding hydrogens is 919 g/mol. The Hall–Kier alpha value is -6.94. The number of nitrogens with zero attached hydrogens (tertiary/aromatic N) is 4. The summed E-state index contributed by atoms with van der Waals surface area (Å²) >= 11 is 0. The van der Waals surface area contributed by atoms with Gasteiger partial charge in [0, 0.05) is 19.2 Å². The number of nitriles is 1. The highest BCUT2D eigenvalue weighted by Crippen LogP contribution is 2.32. The Morgan fingerprint density at radius 3 is 1.78 bits per heavy atom. The van der Waals surface area contributed by atoms with Crippen molar-refractivity contribution >= 4 is 73.2 Å². The summed E-state index contributed by atoms with van der Waals surface area (Å²) in [5, 5.41) is 28.3. The first-order valence-corrected chi connectivity index (χ1v) is 22.1. The Bertz CT molecular complexity index is 2400. The molecule has 0 aliphatic carbocycles. The van der Waals surface area contributed by atoms with Gasteiger partial charge in [0.2, 0.25) is 23.6 Å². The van der Waals surface area contributed by atoms with E-state index in [1.807, 2.05) is 33.8 Å². The van der Waals surface area contributed by atoms with Gasteiger partial charge in [-0.05, 0) is 55.7 Å². The van der Waals surface area contributed by atoms with Crippen LogP contribution in [0.2, 0.25) is 0 Å². The first kappa shape index (κ1) is 51.5. The number of aliphatic carboxylic acids is 1. The molecule has 1 aromatic heterocycles. The summed E-state index contributed by atoms with van der Waals surface area (Å²) in [6.45, 7) is 6.61. The minimum Gasteiger partial charge on any atom is -0.506 e. The smallest absolute Gasteiger partial charge is 0.506 e. The Morgan fingerprint density at radius 1 is 0.797 bits per heavy atom. The van der Waals surface area contributed by atoms with Gasteiger partial charge in [-0.15, -0.1) is 0 Å². The number of hydrogen-bond donors (Lipinski definition) is 5. The van der Waals surface area contributed by atoms with Crippen LogP contribution in [-0.2, 0) is 57.0 Å². The first-order valence-electron chi connectivity index (χ1n) is 22.1. The van der Waals surface area contributed by atoms with Gasteiger partial charge in [0.05, 0.1) is 55.1 Å². The molecule has 4 aliphatic rings. The predicted octanol–water partition coefficient (Wildman–Crippen LogP) is 0.231. The van der Waals surface area contributed by atoms with E-state index in [-0.39, 0.29) is 48.9 Å². The molecule has 0 radical (unpaired) electrons. The van der Waals surface area contributed by atoms with Crippen molar-refractivity contribution in [1.29, 1.82) is 5.26 Å². The van der Waals surface area contributed by atoms with Crippen LogP contribution < -0.4 is 35.8 Å². The van der Waals surface area contributed by atoms with E-state index in [1.165, 1.54) is 17.0 Å². The molecule has 4 fully saturated rings. The van der Waals surface area contributed by atoms with Crippen LogP contribution >= 0.6 is 0 Å². The van der Waals surface area contributed by atoms with Crippen LogP contribution in [0.1, 0.15) is 71.8 Å². The number of carboxylic acid groups (broad SMARTS) is 1. The number of halogens is 3. The van der Waals surface area contributed by atoms with Crippen molar-refractivity contribution in [3.05, 3.63) is 47.3 Å². The van der Waals surface area contributed by atoms with Gasteiger partial charge in [0.1, 0.15) is 17.9 Å². The molecule has 4 aliphatic heterocycles. The van der Waals surface area contributed by atoms with Crippen LogP contribution in [0.15, 0.2) is 24.3 Å². The third-order valence-electron chi connectivity index (χ3n) is 11.3. The first-order chi connectivity index (χ1) is 32.7. The van der Waals surface area contributed by atoms with Crippen molar-refractivity contribution in [3.8, 4) is 11.9 Å². The summed E-state index contributed by atoms with van der Waals surface area (Å²) in [4.78, 5) is 108. The molecule has 4 saturated heterocycles.